The minimum absolute atomic E-state index is 0.184. The van der Waals surface area contributed by atoms with Crippen molar-refractivity contribution in [3.63, 3.8) is 0 Å². The van der Waals surface area contributed by atoms with Crippen molar-refractivity contribution in [3.8, 4) is 0 Å². The van der Waals surface area contributed by atoms with Crippen LogP contribution in [0.1, 0.15) is 5.56 Å². The molecule has 6 nitrogen and oxygen atoms in total. The van der Waals surface area contributed by atoms with E-state index in [-0.39, 0.29) is 10.8 Å². The van der Waals surface area contributed by atoms with Gasteiger partial charge in [0.05, 0.1) is 15.1 Å². The molecule has 29 heavy (non-hydrogen) atoms. The number of aromatic nitrogens is 1. The number of rotatable bonds is 4. The summed E-state index contributed by atoms with van der Waals surface area (Å²) in [4.78, 5) is 21.1. The van der Waals surface area contributed by atoms with Crippen molar-refractivity contribution in [1.29, 1.82) is 0 Å². The average molecular weight is 450 g/mol. The van der Waals surface area contributed by atoms with Gasteiger partial charge in [-0.1, -0.05) is 40.6 Å². The Labute approximate surface area is 178 Å². The summed E-state index contributed by atoms with van der Waals surface area (Å²) < 4.78 is 26.1. The van der Waals surface area contributed by atoms with Gasteiger partial charge >= 0.3 is 0 Å². The third-order valence-electron chi connectivity index (χ3n) is 4.94. The van der Waals surface area contributed by atoms with Crippen molar-refractivity contribution < 1.29 is 13.2 Å². The first-order valence-electron chi connectivity index (χ1n) is 9.20. The van der Waals surface area contributed by atoms with Gasteiger partial charge < -0.3 is 9.80 Å². The number of halogens is 1. The van der Waals surface area contributed by atoms with E-state index in [4.69, 9.17) is 11.6 Å². The number of carbonyl (C=O) groups is 1. The fourth-order valence-electron chi connectivity index (χ4n) is 3.25. The predicted molar refractivity (Wildman–Crippen MR) is 117 cm³/mol. The summed E-state index contributed by atoms with van der Waals surface area (Å²) in [6.45, 7) is 4.06. The fourth-order valence-corrected chi connectivity index (χ4v) is 5.77. The monoisotopic (exact) mass is 449 g/mol. The van der Waals surface area contributed by atoms with E-state index in [1.807, 2.05) is 25.1 Å². The predicted octanol–water partition coefficient (Wildman–Crippen LogP) is 3.38. The lowest BCUT2D eigenvalue weighted by Gasteiger charge is -2.34. The fraction of sp³-hybridized carbons (Fsp3) is 0.300. The maximum absolute atomic E-state index is 12.6. The second kappa shape index (κ2) is 7.93. The van der Waals surface area contributed by atoms with Gasteiger partial charge in [-0.2, -0.15) is 0 Å². The van der Waals surface area contributed by atoms with Crippen LogP contribution < -0.4 is 4.90 Å². The van der Waals surface area contributed by atoms with Crippen LogP contribution in [-0.2, 0) is 14.6 Å². The van der Waals surface area contributed by atoms with Crippen molar-refractivity contribution in [1.82, 2.24) is 9.88 Å². The normalized spacial score (nSPS) is 15.1. The number of fused-ring (bicyclic) bond motifs is 1. The summed E-state index contributed by atoms with van der Waals surface area (Å²) in [6, 6.07) is 12.2. The highest BCUT2D eigenvalue weighted by molar-refractivity contribution is 7.92. The van der Waals surface area contributed by atoms with E-state index in [2.05, 4.69) is 9.88 Å². The first-order chi connectivity index (χ1) is 13.8. The van der Waals surface area contributed by atoms with Gasteiger partial charge in [-0.05, 0) is 37.3 Å². The van der Waals surface area contributed by atoms with Crippen LogP contribution in [0, 0.1) is 6.92 Å². The molecule has 1 aliphatic rings. The smallest absolute Gasteiger partial charge is 0.238 e. The summed E-state index contributed by atoms with van der Waals surface area (Å²) in [7, 11) is -3.64. The number of piperazine rings is 1. The Bertz CT molecular complexity index is 1150. The number of amides is 1. The Morgan fingerprint density at radius 3 is 2.48 bits per heavy atom. The Morgan fingerprint density at radius 2 is 1.79 bits per heavy atom. The van der Waals surface area contributed by atoms with Crippen molar-refractivity contribution in [3.05, 3.63) is 53.1 Å². The molecule has 0 radical (unpaired) electrons. The van der Waals surface area contributed by atoms with Crippen LogP contribution >= 0.6 is 22.9 Å². The van der Waals surface area contributed by atoms with Crippen molar-refractivity contribution in [2.24, 2.45) is 0 Å². The van der Waals surface area contributed by atoms with Crippen LogP contribution in [0.4, 0.5) is 5.13 Å². The molecule has 1 fully saturated rings. The maximum Gasteiger partial charge on any atom is 0.238 e. The lowest BCUT2D eigenvalue weighted by Crippen LogP contribution is -2.50. The number of benzene rings is 2. The molecule has 0 atom stereocenters. The molecule has 0 unspecified atom stereocenters. The molecule has 2 heterocycles. The largest absolute Gasteiger partial charge is 0.345 e. The van der Waals surface area contributed by atoms with Crippen molar-refractivity contribution >= 4 is 54.0 Å². The topological polar surface area (TPSA) is 70.6 Å². The van der Waals surface area contributed by atoms with E-state index in [0.29, 0.717) is 31.2 Å². The van der Waals surface area contributed by atoms with Gasteiger partial charge in [0.2, 0.25) is 5.91 Å². The van der Waals surface area contributed by atoms with Gasteiger partial charge in [-0.15, -0.1) is 0 Å². The highest BCUT2D eigenvalue weighted by Crippen LogP contribution is 2.31. The van der Waals surface area contributed by atoms with Crippen molar-refractivity contribution in [2.45, 2.75) is 11.8 Å². The maximum atomic E-state index is 12.6. The number of thiazole rings is 1. The number of anilines is 1. The van der Waals surface area contributed by atoms with Gasteiger partial charge in [0.15, 0.2) is 15.0 Å². The molecular formula is C20H20ClN3O3S2. The molecule has 1 aromatic heterocycles. The molecule has 0 bridgehead atoms. The zero-order chi connectivity index (χ0) is 20.6. The zero-order valence-electron chi connectivity index (χ0n) is 15.8. The van der Waals surface area contributed by atoms with Crippen LogP contribution in [-0.4, -0.2) is 56.1 Å². The van der Waals surface area contributed by atoms with Gasteiger partial charge in [-0.3, -0.25) is 4.79 Å². The highest BCUT2D eigenvalue weighted by Gasteiger charge is 2.27. The summed E-state index contributed by atoms with van der Waals surface area (Å²) in [5, 5.41) is 1.57. The number of hydrogen-bond acceptors (Lipinski definition) is 6. The Morgan fingerprint density at radius 1 is 1.10 bits per heavy atom. The average Bonchev–Trinajstić information content (AvgIpc) is 3.11. The minimum atomic E-state index is -3.64. The number of aryl methyl sites for hydroxylation is 1. The van der Waals surface area contributed by atoms with E-state index in [9.17, 15) is 13.2 Å². The molecule has 0 aliphatic carbocycles. The summed E-state index contributed by atoms with van der Waals surface area (Å²) in [6.07, 6.45) is 0. The quantitative estimate of drug-likeness (QED) is 0.610. The molecule has 1 aliphatic heterocycles. The summed E-state index contributed by atoms with van der Waals surface area (Å²) in [5.41, 5.74) is 1.88. The molecule has 2 aromatic carbocycles. The lowest BCUT2D eigenvalue weighted by molar-refractivity contribution is -0.128. The SMILES string of the molecule is Cc1ccc(S(=O)(=O)CC(=O)N2CCN(c3nc4ccc(Cl)cc4s3)CC2)cc1. The first-order valence-corrected chi connectivity index (χ1v) is 12.0. The number of carbonyl (C=O) groups excluding carboxylic acids is 1. The summed E-state index contributed by atoms with van der Waals surface area (Å²) in [5.74, 6) is -0.864. The third-order valence-corrected chi connectivity index (χ3v) is 7.87. The Balaban J connectivity index is 1.39. The molecule has 0 spiro atoms. The standard InChI is InChI=1S/C20H20ClN3O3S2/c1-14-2-5-16(6-3-14)29(26,27)13-19(25)23-8-10-24(11-9-23)20-22-17-7-4-15(21)12-18(17)28-20/h2-7,12H,8-11,13H2,1H3. The molecule has 0 saturated carbocycles. The van der Waals surface area contributed by atoms with Crippen molar-refractivity contribution in [2.75, 3.05) is 36.8 Å². The number of nitrogens with zero attached hydrogens (tertiary/aromatic N) is 3. The summed E-state index contributed by atoms with van der Waals surface area (Å²) >= 11 is 7.61. The molecule has 4 rings (SSSR count). The molecule has 3 aromatic rings. The third kappa shape index (κ3) is 4.39. The van der Waals surface area contributed by atoms with E-state index in [1.165, 1.54) is 0 Å². The first kappa shape index (κ1) is 20.1. The molecule has 1 saturated heterocycles. The minimum Gasteiger partial charge on any atom is -0.345 e. The second-order valence-corrected chi connectivity index (χ2v) is 10.5. The van der Waals surface area contributed by atoms with E-state index >= 15 is 0 Å². The van der Waals surface area contributed by atoms with Crippen LogP contribution in [0.25, 0.3) is 10.2 Å². The number of sulfone groups is 1. The zero-order valence-corrected chi connectivity index (χ0v) is 18.2. The molecule has 9 heteroatoms. The van der Waals surface area contributed by atoms with Crippen LogP contribution in [0.2, 0.25) is 5.02 Å². The Kier molecular flexibility index (Phi) is 5.50. The molecule has 152 valence electrons. The lowest BCUT2D eigenvalue weighted by atomic mass is 10.2. The highest BCUT2D eigenvalue weighted by atomic mass is 35.5. The van der Waals surface area contributed by atoms with Gasteiger partial charge in [0.1, 0.15) is 5.75 Å². The van der Waals surface area contributed by atoms with E-state index < -0.39 is 15.6 Å². The van der Waals surface area contributed by atoms with E-state index in [0.717, 1.165) is 20.9 Å². The molecular weight excluding hydrogens is 430 g/mol. The molecule has 0 N–H and O–H groups in total. The van der Waals surface area contributed by atoms with Gasteiger partial charge in [-0.25, -0.2) is 13.4 Å². The number of hydrogen-bond donors (Lipinski definition) is 0. The van der Waals surface area contributed by atoms with Gasteiger partial charge in [0.25, 0.3) is 0 Å². The van der Waals surface area contributed by atoms with Gasteiger partial charge in [0, 0.05) is 31.2 Å². The van der Waals surface area contributed by atoms with E-state index in [1.54, 1.807) is 40.5 Å². The Hall–Kier alpha value is -2.16. The van der Waals surface area contributed by atoms with Crippen LogP contribution in [0.5, 0.6) is 0 Å². The van der Waals surface area contributed by atoms with Crippen LogP contribution in [0.3, 0.4) is 0 Å². The second-order valence-electron chi connectivity index (χ2n) is 7.05. The molecule has 1 amide bonds. The van der Waals surface area contributed by atoms with Crippen LogP contribution in [0.15, 0.2) is 47.4 Å².